The van der Waals surface area contributed by atoms with Crippen molar-refractivity contribution in [2.24, 2.45) is 0 Å². The molecule has 0 amide bonds. The lowest BCUT2D eigenvalue weighted by molar-refractivity contribution is 0.588. The van der Waals surface area contributed by atoms with E-state index in [0.717, 1.165) is 30.8 Å². The van der Waals surface area contributed by atoms with E-state index in [1.54, 1.807) is 0 Å². The van der Waals surface area contributed by atoms with Gasteiger partial charge in [0, 0.05) is 26.2 Å². The molecule has 0 saturated carbocycles. The van der Waals surface area contributed by atoms with Crippen molar-refractivity contribution in [3.05, 3.63) is 22.9 Å². The molecular formula is C9H13BrClN3. The fourth-order valence-electron chi connectivity index (χ4n) is 1.48. The van der Waals surface area contributed by atoms with Crippen LogP contribution in [0.25, 0.3) is 0 Å². The zero-order valence-electron chi connectivity index (χ0n) is 7.74. The summed E-state index contributed by atoms with van der Waals surface area (Å²) in [5.41, 5.74) is 1.21. The average molecular weight is 279 g/mol. The van der Waals surface area contributed by atoms with Crippen LogP contribution in [0.15, 0.2) is 22.9 Å². The highest BCUT2D eigenvalue weighted by atomic mass is 79.9. The molecule has 1 N–H and O–H groups in total. The van der Waals surface area contributed by atoms with Crippen LogP contribution >= 0.6 is 28.3 Å². The van der Waals surface area contributed by atoms with E-state index in [-0.39, 0.29) is 12.4 Å². The molecule has 0 radical (unpaired) electrons. The molecule has 1 saturated heterocycles. The molecule has 0 bridgehead atoms. The molecule has 0 aliphatic carbocycles. The number of pyridine rings is 1. The van der Waals surface area contributed by atoms with Crippen LogP contribution in [0, 0.1) is 0 Å². The van der Waals surface area contributed by atoms with Crippen LogP contribution in [0.5, 0.6) is 0 Å². The summed E-state index contributed by atoms with van der Waals surface area (Å²) in [6.45, 7) is 4.28. The van der Waals surface area contributed by atoms with Gasteiger partial charge in [-0.3, -0.25) is 0 Å². The second-order valence-corrected chi connectivity index (χ2v) is 3.89. The highest BCUT2D eigenvalue weighted by Gasteiger charge is 2.09. The molecule has 3 nitrogen and oxygen atoms in total. The smallest absolute Gasteiger partial charge is 0.106 e. The SMILES string of the molecule is Brc1ccc(N2CCNCC2)cn1.Cl. The molecule has 1 aromatic rings. The molecule has 0 spiro atoms. The van der Waals surface area contributed by atoms with E-state index < -0.39 is 0 Å². The van der Waals surface area contributed by atoms with Crippen molar-refractivity contribution in [1.82, 2.24) is 10.3 Å². The first kappa shape index (κ1) is 11.8. The fourth-order valence-corrected chi connectivity index (χ4v) is 1.71. The van der Waals surface area contributed by atoms with Crippen LogP contribution in [-0.4, -0.2) is 31.2 Å². The molecule has 1 aliphatic rings. The minimum absolute atomic E-state index is 0. The molecule has 1 aromatic heterocycles. The van der Waals surface area contributed by atoms with Crippen LogP contribution in [0.4, 0.5) is 5.69 Å². The minimum Gasteiger partial charge on any atom is -0.368 e. The number of halogens is 2. The zero-order chi connectivity index (χ0) is 9.10. The molecule has 0 unspecified atom stereocenters. The third-order valence-electron chi connectivity index (χ3n) is 2.19. The highest BCUT2D eigenvalue weighted by molar-refractivity contribution is 9.10. The van der Waals surface area contributed by atoms with E-state index in [1.165, 1.54) is 5.69 Å². The maximum Gasteiger partial charge on any atom is 0.106 e. The van der Waals surface area contributed by atoms with Crippen molar-refractivity contribution in [2.45, 2.75) is 0 Å². The van der Waals surface area contributed by atoms with Gasteiger partial charge in [0.15, 0.2) is 0 Å². The number of aromatic nitrogens is 1. The molecule has 14 heavy (non-hydrogen) atoms. The lowest BCUT2D eigenvalue weighted by Crippen LogP contribution is -2.43. The van der Waals surface area contributed by atoms with Gasteiger partial charge in [0.2, 0.25) is 0 Å². The van der Waals surface area contributed by atoms with Crippen molar-refractivity contribution in [1.29, 1.82) is 0 Å². The summed E-state index contributed by atoms with van der Waals surface area (Å²) >= 11 is 3.33. The molecule has 2 heterocycles. The van der Waals surface area contributed by atoms with Crippen molar-refractivity contribution in [3.63, 3.8) is 0 Å². The molecule has 5 heteroatoms. The molecule has 2 rings (SSSR count). The first-order chi connectivity index (χ1) is 6.36. The summed E-state index contributed by atoms with van der Waals surface area (Å²) in [5.74, 6) is 0. The van der Waals surface area contributed by atoms with E-state index in [0.29, 0.717) is 0 Å². The van der Waals surface area contributed by atoms with Crippen molar-refractivity contribution in [2.75, 3.05) is 31.1 Å². The summed E-state index contributed by atoms with van der Waals surface area (Å²) in [6, 6.07) is 4.08. The van der Waals surface area contributed by atoms with E-state index in [1.807, 2.05) is 12.3 Å². The summed E-state index contributed by atoms with van der Waals surface area (Å²) in [7, 11) is 0. The maximum atomic E-state index is 4.21. The van der Waals surface area contributed by atoms with Gasteiger partial charge in [-0.1, -0.05) is 0 Å². The van der Waals surface area contributed by atoms with E-state index >= 15 is 0 Å². The van der Waals surface area contributed by atoms with Gasteiger partial charge in [-0.15, -0.1) is 12.4 Å². The molecule has 0 atom stereocenters. The predicted molar refractivity (Wildman–Crippen MR) is 64.3 cm³/mol. The Bertz CT molecular complexity index is 272. The first-order valence-electron chi connectivity index (χ1n) is 4.43. The number of hydrogen-bond donors (Lipinski definition) is 1. The number of hydrogen-bond acceptors (Lipinski definition) is 3. The number of piperazine rings is 1. The molecule has 1 fully saturated rings. The minimum atomic E-state index is 0. The molecular weight excluding hydrogens is 265 g/mol. The van der Waals surface area contributed by atoms with Gasteiger partial charge in [0.25, 0.3) is 0 Å². The van der Waals surface area contributed by atoms with Crippen molar-refractivity contribution in [3.8, 4) is 0 Å². The van der Waals surface area contributed by atoms with Gasteiger partial charge in [0.1, 0.15) is 4.60 Å². The third-order valence-corrected chi connectivity index (χ3v) is 2.66. The van der Waals surface area contributed by atoms with Gasteiger partial charge >= 0.3 is 0 Å². The normalized spacial score (nSPS) is 16.2. The van der Waals surface area contributed by atoms with Crippen LogP contribution in [0.3, 0.4) is 0 Å². The number of anilines is 1. The number of rotatable bonds is 1. The Hall–Kier alpha value is -0.320. The monoisotopic (exact) mass is 277 g/mol. The Kier molecular flexibility index (Phi) is 4.65. The third kappa shape index (κ3) is 2.83. The summed E-state index contributed by atoms with van der Waals surface area (Å²) in [4.78, 5) is 6.55. The van der Waals surface area contributed by atoms with Crippen molar-refractivity contribution < 1.29 is 0 Å². The summed E-state index contributed by atoms with van der Waals surface area (Å²) < 4.78 is 0.895. The van der Waals surface area contributed by atoms with Crippen molar-refractivity contribution >= 4 is 34.0 Å². The summed E-state index contributed by atoms with van der Waals surface area (Å²) in [6.07, 6.45) is 1.91. The zero-order valence-corrected chi connectivity index (χ0v) is 10.1. The molecule has 1 aliphatic heterocycles. The van der Waals surface area contributed by atoms with Crippen LogP contribution in [0.1, 0.15) is 0 Å². The van der Waals surface area contributed by atoms with E-state index in [4.69, 9.17) is 0 Å². The van der Waals surface area contributed by atoms with Crippen LogP contribution in [0.2, 0.25) is 0 Å². The lowest BCUT2D eigenvalue weighted by atomic mass is 10.3. The molecule has 0 aromatic carbocycles. The van der Waals surface area contributed by atoms with E-state index in [2.05, 4.69) is 37.2 Å². The molecule has 78 valence electrons. The standard InChI is InChI=1S/C9H12BrN3.ClH/c10-9-2-1-8(7-12-9)13-5-3-11-4-6-13;/h1-2,7,11H,3-6H2;1H. The second kappa shape index (κ2) is 5.53. The van der Waals surface area contributed by atoms with Gasteiger partial charge in [-0.25, -0.2) is 4.98 Å². The van der Waals surface area contributed by atoms with E-state index in [9.17, 15) is 0 Å². The Labute approximate surface area is 98.4 Å². The largest absolute Gasteiger partial charge is 0.368 e. The average Bonchev–Trinajstić information content (AvgIpc) is 2.20. The highest BCUT2D eigenvalue weighted by Crippen LogP contribution is 2.15. The van der Waals surface area contributed by atoms with Gasteiger partial charge in [0.05, 0.1) is 11.9 Å². The van der Waals surface area contributed by atoms with Crippen LogP contribution in [-0.2, 0) is 0 Å². The number of nitrogens with one attached hydrogen (secondary N) is 1. The Balaban J connectivity index is 0.000000980. The Morgan fingerprint density at radius 1 is 1.29 bits per heavy atom. The number of nitrogens with zero attached hydrogens (tertiary/aromatic N) is 2. The van der Waals surface area contributed by atoms with Crippen LogP contribution < -0.4 is 10.2 Å². The second-order valence-electron chi connectivity index (χ2n) is 3.08. The summed E-state index contributed by atoms with van der Waals surface area (Å²) in [5, 5.41) is 3.32. The van der Waals surface area contributed by atoms with Gasteiger partial charge in [-0.05, 0) is 28.1 Å². The first-order valence-corrected chi connectivity index (χ1v) is 5.23. The maximum absolute atomic E-state index is 4.21. The topological polar surface area (TPSA) is 28.2 Å². The Morgan fingerprint density at radius 2 is 2.00 bits per heavy atom. The lowest BCUT2D eigenvalue weighted by Gasteiger charge is -2.29. The van der Waals surface area contributed by atoms with Gasteiger partial charge < -0.3 is 10.2 Å². The van der Waals surface area contributed by atoms with Gasteiger partial charge in [-0.2, -0.15) is 0 Å². The predicted octanol–water partition coefficient (Wildman–Crippen LogP) is 1.68. The quantitative estimate of drug-likeness (QED) is 0.792. The fraction of sp³-hybridized carbons (Fsp3) is 0.444. The Morgan fingerprint density at radius 3 is 2.57 bits per heavy atom.